The van der Waals surface area contributed by atoms with E-state index < -0.39 is 45.8 Å². The molecule has 0 aliphatic carbocycles. The van der Waals surface area contributed by atoms with Crippen molar-refractivity contribution in [3.8, 4) is 11.5 Å². The molecule has 3 fully saturated rings. The minimum absolute atomic E-state index is 0.00933. The van der Waals surface area contributed by atoms with Crippen LogP contribution in [0.4, 0.5) is 34.5 Å². The van der Waals surface area contributed by atoms with Gasteiger partial charge in [-0.1, -0.05) is 29.8 Å². The lowest BCUT2D eigenvalue weighted by molar-refractivity contribution is -0.139. The zero-order chi connectivity index (χ0) is 47.7. The van der Waals surface area contributed by atoms with Crippen LogP contribution in [0.1, 0.15) is 58.9 Å². The number of para-hydroxylation sites is 2. The highest BCUT2D eigenvalue weighted by Gasteiger charge is 2.46. The summed E-state index contributed by atoms with van der Waals surface area (Å²) >= 11 is 6.49. The molecule has 67 heavy (non-hydrogen) atoms. The van der Waals surface area contributed by atoms with Crippen LogP contribution < -0.4 is 34.6 Å². The first-order chi connectivity index (χ1) is 32.0. The summed E-state index contributed by atoms with van der Waals surface area (Å²) in [6.07, 6.45) is 3.39. The normalized spacial score (nSPS) is 18.7. The van der Waals surface area contributed by atoms with Crippen LogP contribution in [0, 0.1) is 12.8 Å². The number of carbonyl (C=O) groups excluding carboxylic acids is 5. The molecule has 19 nitrogen and oxygen atoms in total. The Hall–Kier alpha value is -6.51. The van der Waals surface area contributed by atoms with Crippen LogP contribution in [-0.2, 0) is 24.4 Å². The van der Waals surface area contributed by atoms with Crippen LogP contribution in [0.15, 0.2) is 60.8 Å². The van der Waals surface area contributed by atoms with Crippen LogP contribution >= 0.6 is 11.6 Å². The van der Waals surface area contributed by atoms with Crippen molar-refractivity contribution in [1.82, 2.24) is 30.0 Å². The van der Waals surface area contributed by atoms with E-state index in [0.29, 0.717) is 41.8 Å². The summed E-state index contributed by atoms with van der Waals surface area (Å²) in [5, 5.41) is 8.86. The molecule has 0 saturated carbocycles. The molecule has 2 atom stereocenters. The number of nitrogens with one attached hydrogen (secondary N) is 3. The van der Waals surface area contributed by atoms with E-state index in [0.717, 1.165) is 68.0 Å². The monoisotopic (exact) mass is 956 g/mol. The summed E-state index contributed by atoms with van der Waals surface area (Å²) in [6.45, 7) is 9.10. The number of likely N-dealkylation sites (tertiary alicyclic amines) is 1. The topological polar surface area (TPSA) is 216 Å². The number of carbonyl (C=O) groups is 5. The number of ether oxygens (including phenoxy) is 2. The standard InChI is InChI=1S/C46H53ClN10O9S/c1-27-23-33(50-46-48-25-31(47)41(52-46)49-32-10-6-7-11-34(32)53(3)67(5,63)64)38(65-4)24-36(27)55-21-19-54(20-22-55)26-29-15-17-56(18-16-29)43(60)28(2)66-37-12-8-9-30-40(37)45(62)57(44(30)61)35-13-14-39(58)51-42(35)59/h6-12,23-25,28-29,35H,13-22,26H2,1-5H3,(H,51,58,59)(H2,48,49,50,52). The Morgan fingerprint density at radius 3 is 2.37 bits per heavy atom. The van der Waals surface area contributed by atoms with Crippen LogP contribution in [0.2, 0.25) is 5.02 Å². The number of benzene rings is 3. The second-order valence-corrected chi connectivity index (χ2v) is 19.6. The summed E-state index contributed by atoms with van der Waals surface area (Å²) in [4.78, 5) is 81.1. The second-order valence-electron chi connectivity index (χ2n) is 17.2. The quantitative estimate of drug-likeness (QED) is 0.148. The molecule has 2 unspecified atom stereocenters. The average Bonchev–Trinajstić information content (AvgIpc) is 3.56. The van der Waals surface area contributed by atoms with Crippen LogP contribution in [0.25, 0.3) is 0 Å². The van der Waals surface area contributed by atoms with Gasteiger partial charge in [0.2, 0.25) is 27.8 Å². The third-order valence-corrected chi connectivity index (χ3v) is 14.2. The first-order valence-corrected chi connectivity index (χ1v) is 24.3. The maximum Gasteiger partial charge on any atom is 0.266 e. The van der Waals surface area contributed by atoms with Crippen molar-refractivity contribution in [3.05, 3.63) is 82.5 Å². The van der Waals surface area contributed by atoms with Gasteiger partial charge in [0.25, 0.3) is 17.7 Å². The van der Waals surface area contributed by atoms with Crippen LogP contribution in [0.3, 0.4) is 0 Å². The molecule has 4 aromatic rings. The van der Waals surface area contributed by atoms with Crippen molar-refractivity contribution in [2.45, 2.75) is 51.7 Å². The van der Waals surface area contributed by atoms with Crippen molar-refractivity contribution in [1.29, 1.82) is 0 Å². The molecule has 3 aromatic carbocycles. The smallest absolute Gasteiger partial charge is 0.266 e. The largest absolute Gasteiger partial charge is 0.494 e. The number of aryl methyl sites for hydroxylation is 1. The van der Waals surface area contributed by atoms with Gasteiger partial charge in [0.05, 0.1) is 47.8 Å². The number of piperidine rings is 2. The predicted molar refractivity (Wildman–Crippen MR) is 252 cm³/mol. The van der Waals surface area contributed by atoms with Gasteiger partial charge in [-0.2, -0.15) is 4.98 Å². The molecular weight excluding hydrogens is 904 g/mol. The molecule has 354 valence electrons. The Labute approximate surface area is 393 Å². The number of piperazine rings is 1. The lowest BCUT2D eigenvalue weighted by atomic mass is 9.95. The molecule has 0 bridgehead atoms. The lowest BCUT2D eigenvalue weighted by Crippen LogP contribution is -2.54. The van der Waals surface area contributed by atoms with Crippen molar-refractivity contribution in [2.24, 2.45) is 5.92 Å². The molecule has 3 N–H and O–H groups in total. The van der Waals surface area contributed by atoms with E-state index in [1.807, 2.05) is 19.1 Å². The number of anilines is 6. The highest BCUT2D eigenvalue weighted by molar-refractivity contribution is 7.92. The highest BCUT2D eigenvalue weighted by Crippen LogP contribution is 2.38. The van der Waals surface area contributed by atoms with Crippen molar-refractivity contribution in [2.75, 3.05) is 86.1 Å². The predicted octanol–water partition coefficient (Wildman–Crippen LogP) is 4.56. The highest BCUT2D eigenvalue weighted by atomic mass is 35.5. The third kappa shape index (κ3) is 9.96. The van der Waals surface area contributed by atoms with E-state index in [9.17, 15) is 32.4 Å². The van der Waals surface area contributed by atoms with Gasteiger partial charge in [0, 0.05) is 71.0 Å². The Bertz CT molecular complexity index is 2730. The van der Waals surface area contributed by atoms with Crippen LogP contribution in [-0.4, -0.2) is 141 Å². The fourth-order valence-electron chi connectivity index (χ4n) is 9.03. The molecule has 5 amide bonds. The molecule has 8 rings (SSSR count). The molecular formula is C46H53ClN10O9S. The number of halogens is 1. The van der Waals surface area contributed by atoms with Gasteiger partial charge >= 0.3 is 0 Å². The first-order valence-electron chi connectivity index (χ1n) is 22.1. The van der Waals surface area contributed by atoms with Crippen molar-refractivity contribution < 1.29 is 41.9 Å². The molecule has 3 saturated heterocycles. The Morgan fingerprint density at radius 1 is 0.940 bits per heavy atom. The van der Waals surface area contributed by atoms with Gasteiger partial charge in [0.15, 0.2) is 11.9 Å². The minimum Gasteiger partial charge on any atom is -0.494 e. The van der Waals surface area contributed by atoms with Crippen LogP contribution in [0.5, 0.6) is 11.5 Å². The number of imide groups is 2. The molecule has 4 aliphatic heterocycles. The van der Waals surface area contributed by atoms with E-state index in [4.69, 9.17) is 21.1 Å². The second kappa shape index (κ2) is 19.4. The number of nitrogens with zero attached hydrogens (tertiary/aromatic N) is 7. The van der Waals surface area contributed by atoms with E-state index in [1.54, 1.807) is 55.3 Å². The Kier molecular flexibility index (Phi) is 13.6. The van der Waals surface area contributed by atoms with Gasteiger partial charge in [-0.15, -0.1) is 0 Å². The van der Waals surface area contributed by atoms with E-state index in [1.165, 1.54) is 23.6 Å². The molecule has 0 radical (unpaired) electrons. The summed E-state index contributed by atoms with van der Waals surface area (Å²) < 4.78 is 37.7. The molecule has 1 aromatic heterocycles. The number of sulfonamides is 1. The molecule has 21 heteroatoms. The summed E-state index contributed by atoms with van der Waals surface area (Å²) in [6, 6.07) is 14.4. The first kappa shape index (κ1) is 47.0. The van der Waals surface area contributed by atoms with Gasteiger partial charge in [0.1, 0.15) is 22.6 Å². The zero-order valence-electron chi connectivity index (χ0n) is 37.9. The molecule has 0 spiro atoms. The molecule has 4 aliphatic rings. The minimum atomic E-state index is -3.53. The number of hydrogen-bond acceptors (Lipinski definition) is 15. The number of fused-ring (bicyclic) bond motifs is 1. The van der Waals surface area contributed by atoms with E-state index >= 15 is 0 Å². The van der Waals surface area contributed by atoms with Crippen molar-refractivity contribution in [3.63, 3.8) is 0 Å². The number of methoxy groups -OCH3 is 1. The van der Waals surface area contributed by atoms with Gasteiger partial charge < -0.3 is 29.9 Å². The summed E-state index contributed by atoms with van der Waals surface area (Å²) in [7, 11) is -0.447. The summed E-state index contributed by atoms with van der Waals surface area (Å²) in [5.41, 5.74) is 3.76. The number of amides is 5. The van der Waals surface area contributed by atoms with E-state index in [-0.39, 0.29) is 52.4 Å². The average molecular weight is 958 g/mol. The van der Waals surface area contributed by atoms with E-state index in [2.05, 4.69) is 35.7 Å². The number of aromatic nitrogens is 2. The van der Waals surface area contributed by atoms with Gasteiger partial charge in [-0.25, -0.2) is 13.4 Å². The number of rotatable bonds is 14. The lowest BCUT2D eigenvalue weighted by Gasteiger charge is -2.40. The molecule has 5 heterocycles. The summed E-state index contributed by atoms with van der Waals surface area (Å²) in [5.74, 6) is -1.04. The SMILES string of the molecule is COc1cc(N2CCN(CC3CCN(C(=O)C(C)Oc4cccc5c4C(=O)N(C4CCC(=O)NC4=O)C5=O)CC3)CC2)c(C)cc1Nc1ncc(Cl)c(Nc2ccccc2N(C)S(C)(=O)=O)n1. The Balaban J connectivity index is 0.826. The third-order valence-electron chi connectivity index (χ3n) is 12.7. The zero-order valence-corrected chi connectivity index (χ0v) is 39.4. The number of hydrogen-bond donors (Lipinski definition) is 3. The fourth-order valence-corrected chi connectivity index (χ4v) is 9.69. The van der Waals surface area contributed by atoms with Gasteiger partial charge in [-0.3, -0.25) is 43.4 Å². The van der Waals surface area contributed by atoms with Crippen molar-refractivity contribution >= 4 is 85.7 Å². The fraction of sp³-hybridized carbons (Fsp3) is 0.413. The Morgan fingerprint density at radius 2 is 1.67 bits per heavy atom. The van der Waals surface area contributed by atoms with Gasteiger partial charge in [-0.05, 0) is 74.9 Å². The maximum atomic E-state index is 13.6. The maximum absolute atomic E-state index is 13.6.